The molecule has 0 aliphatic rings. The van der Waals surface area contributed by atoms with E-state index in [0.29, 0.717) is 11.1 Å². The van der Waals surface area contributed by atoms with Gasteiger partial charge in [-0.15, -0.1) is 0 Å². The van der Waals surface area contributed by atoms with Crippen molar-refractivity contribution in [2.75, 3.05) is 6.54 Å². The number of benzene rings is 1. The molecular formula is C14H17F3N2O2. The fourth-order valence-electron chi connectivity index (χ4n) is 2.22. The monoisotopic (exact) mass is 302 g/mol. The Morgan fingerprint density at radius 3 is 2.29 bits per heavy atom. The van der Waals surface area contributed by atoms with Gasteiger partial charge in [0.15, 0.2) is 0 Å². The summed E-state index contributed by atoms with van der Waals surface area (Å²) in [5.74, 6) is -1.95. The molecule has 0 heterocycles. The molecule has 21 heavy (non-hydrogen) atoms. The van der Waals surface area contributed by atoms with Gasteiger partial charge in [-0.05, 0) is 44.0 Å². The number of carbonyl (C=O) groups excluding carboxylic acids is 2. The van der Waals surface area contributed by atoms with Crippen LogP contribution in [0.4, 0.5) is 13.2 Å². The molecule has 0 aliphatic carbocycles. The van der Waals surface area contributed by atoms with Gasteiger partial charge in [-0.25, -0.2) is 0 Å². The number of aryl methyl sites for hydroxylation is 1. The van der Waals surface area contributed by atoms with Crippen LogP contribution >= 0.6 is 0 Å². The Hall–Kier alpha value is -2.05. The molecule has 1 atom stereocenters. The summed E-state index contributed by atoms with van der Waals surface area (Å²) in [6.07, 6.45) is -4.42. The fraction of sp³-hybridized carbons (Fsp3) is 0.429. The number of likely N-dealkylation sites (N-methyl/N-ethyl adjacent to an activating group) is 1. The number of halogens is 3. The number of amides is 2. The maximum absolute atomic E-state index is 12.6. The molecule has 0 fully saturated rings. The Labute approximate surface area is 120 Å². The predicted octanol–water partition coefficient (Wildman–Crippen LogP) is 2.41. The maximum Gasteiger partial charge on any atom is 0.416 e. The summed E-state index contributed by atoms with van der Waals surface area (Å²) in [5, 5.41) is 0. The van der Waals surface area contributed by atoms with Crippen LogP contribution in [0.5, 0.6) is 0 Å². The summed E-state index contributed by atoms with van der Waals surface area (Å²) in [4.78, 5) is 23.9. The number of alkyl halides is 3. The summed E-state index contributed by atoms with van der Waals surface area (Å²) >= 11 is 0. The van der Waals surface area contributed by atoms with E-state index in [0.717, 1.165) is 12.1 Å². The summed E-state index contributed by atoms with van der Waals surface area (Å²) in [6, 6.07) is 2.76. The van der Waals surface area contributed by atoms with Crippen molar-refractivity contribution in [2.24, 2.45) is 5.73 Å². The second kappa shape index (κ2) is 6.15. The molecule has 0 saturated heterocycles. The molecule has 0 spiro atoms. The Balaban J connectivity index is 3.15. The van der Waals surface area contributed by atoms with Crippen LogP contribution in [0.15, 0.2) is 18.2 Å². The average Bonchev–Trinajstić information content (AvgIpc) is 2.37. The highest BCUT2D eigenvalue weighted by Crippen LogP contribution is 2.32. The first-order chi connectivity index (χ1) is 9.59. The number of carbonyl (C=O) groups is 2. The minimum atomic E-state index is -4.42. The molecule has 0 radical (unpaired) electrons. The van der Waals surface area contributed by atoms with E-state index in [1.54, 1.807) is 13.8 Å². The van der Waals surface area contributed by atoms with Gasteiger partial charge in [-0.1, -0.05) is 6.07 Å². The second-order valence-electron chi connectivity index (χ2n) is 4.70. The number of nitrogens with two attached hydrogens (primary N) is 1. The van der Waals surface area contributed by atoms with Crippen LogP contribution in [0.2, 0.25) is 0 Å². The van der Waals surface area contributed by atoms with E-state index < -0.39 is 29.6 Å². The lowest BCUT2D eigenvalue weighted by atomic mass is 9.98. The number of hydrogen-bond donors (Lipinski definition) is 1. The van der Waals surface area contributed by atoms with Crippen LogP contribution in [-0.4, -0.2) is 23.3 Å². The van der Waals surface area contributed by atoms with Crippen LogP contribution in [-0.2, 0) is 15.8 Å². The molecule has 1 rings (SSSR count). The Morgan fingerprint density at radius 1 is 1.33 bits per heavy atom. The van der Waals surface area contributed by atoms with Gasteiger partial charge in [0, 0.05) is 6.54 Å². The van der Waals surface area contributed by atoms with Gasteiger partial charge in [0.05, 0.1) is 11.6 Å². The molecular weight excluding hydrogens is 285 g/mol. The van der Waals surface area contributed by atoms with Crippen LogP contribution in [0.3, 0.4) is 0 Å². The van der Waals surface area contributed by atoms with Gasteiger partial charge in [0.1, 0.15) is 0 Å². The van der Waals surface area contributed by atoms with E-state index in [4.69, 9.17) is 5.73 Å². The van der Waals surface area contributed by atoms with Crippen LogP contribution < -0.4 is 5.73 Å². The van der Waals surface area contributed by atoms with E-state index >= 15 is 0 Å². The molecule has 7 heteroatoms. The molecule has 0 bridgehead atoms. The topological polar surface area (TPSA) is 63.4 Å². The third-order valence-corrected chi connectivity index (χ3v) is 3.33. The molecule has 2 amide bonds. The van der Waals surface area contributed by atoms with Gasteiger partial charge in [0.25, 0.3) is 0 Å². The Bertz CT molecular complexity index is 556. The lowest BCUT2D eigenvalue weighted by Crippen LogP contribution is -2.41. The van der Waals surface area contributed by atoms with Crippen molar-refractivity contribution in [1.29, 1.82) is 0 Å². The molecule has 1 unspecified atom stereocenters. The van der Waals surface area contributed by atoms with Gasteiger partial charge >= 0.3 is 18.0 Å². The number of primary amides is 1. The van der Waals surface area contributed by atoms with E-state index in [1.807, 2.05) is 0 Å². The zero-order chi connectivity index (χ0) is 16.4. The van der Waals surface area contributed by atoms with Gasteiger partial charge in [-0.3, -0.25) is 9.59 Å². The first kappa shape index (κ1) is 17.0. The SMILES string of the molecule is CCN(C(=O)C(N)=O)C(C)c1ccc(C(F)(F)F)cc1C. The summed E-state index contributed by atoms with van der Waals surface area (Å²) in [6.45, 7) is 5.06. The number of nitrogens with zero attached hydrogens (tertiary/aromatic N) is 1. The van der Waals surface area contributed by atoms with Crippen molar-refractivity contribution in [2.45, 2.75) is 33.0 Å². The van der Waals surface area contributed by atoms with Crippen LogP contribution in [0, 0.1) is 6.92 Å². The lowest BCUT2D eigenvalue weighted by molar-refractivity contribution is -0.145. The first-order valence-electron chi connectivity index (χ1n) is 6.37. The normalized spacial score (nSPS) is 12.9. The third kappa shape index (κ3) is 3.74. The molecule has 2 N–H and O–H groups in total. The van der Waals surface area contributed by atoms with E-state index in [2.05, 4.69) is 0 Å². The van der Waals surface area contributed by atoms with E-state index in [1.165, 1.54) is 17.9 Å². The smallest absolute Gasteiger partial charge is 0.361 e. The molecule has 0 aliphatic heterocycles. The molecule has 1 aromatic rings. The van der Waals surface area contributed by atoms with Crippen molar-refractivity contribution in [3.8, 4) is 0 Å². The van der Waals surface area contributed by atoms with Crippen molar-refractivity contribution in [3.63, 3.8) is 0 Å². The minimum Gasteiger partial charge on any atom is -0.361 e. The summed E-state index contributed by atoms with van der Waals surface area (Å²) in [5.41, 5.74) is 5.16. The highest BCUT2D eigenvalue weighted by atomic mass is 19.4. The standard InChI is InChI=1S/C14H17F3N2O2/c1-4-19(13(21)12(18)20)9(3)11-6-5-10(7-8(11)2)14(15,16)17/h5-7,9H,4H2,1-3H3,(H2,18,20). The van der Waals surface area contributed by atoms with Crippen molar-refractivity contribution in [3.05, 3.63) is 34.9 Å². The van der Waals surface area contributed by atoms with Crippen molar-refractivity contribution < 1.29 is 22.8 Å². The zero-order valence-corrected chi connectivity index (χ0v) is 12.0. The van der Waals surface area contributed by atoms with Gasteiger partial charge in [-0.2, -0.15) is 13.2 Å². The molecule has 0 aromatic heterocycles. The number of hydrogen-bond acceptors (Lipinski definition) is 2. The zero-order valence-electron chi connectivity index (χ0n) is 12.0. The fourth-order valence-corrected chi connectivity index (χ4v) is 2.22. The lowest BCUT2D eigenvalue weighted by Gasteiger charge is -2.28. The predicted molar refractivity (Wildman–Crippen MR) is 71.2 cm³/mol. The van der Waals surface area contributed by atoms with E-state index in [-0.39, 0.29) is 6.54 Å². The minimum absolute atomic E-state index is 0.226. The quantitative estimate of drug-likeness (QED) is 0.871. The van der Waals surface area contributed by atoms with Crippen molar-refractivity contribution >= 4 is 11.8 Å². The second-order valence-corrected chi connectivity index (χ2v) is 4.70. The van der Waals surface area contributed by atoms with Gasteiger partial charge < -0.3 is 10.6 Å². The highest BCUT2D eigenvalue weighted by molar-refractivity contribution is 6.34. The van der Waals surface area contributed by atoms with Crippen LogP contribution in [0.1, 0.15) is 36.6 Å². The third-order valence-electron chi connectivity index (χ3n) is 3.33. The summed E-state index contributed by atoms with van der Waals surface area (Å²) < 4.78 is 37.9. The average molecular weight is 302 g/mol. The molecule has 116 valence electrons. The van der Waals surface area contributed by atoms with Crippen molar-refractivity contribution in [1.82, 2.24) is 4.90 Å². The Morgan fingerprint density at radius 2 is 1.90 bits per heavy atom. The summed E-state index contributed by atoms with van der Waals surface area (Å²) in [7, 11) is 0. The Kier molecular flexibility index (Phi) is 4.98. The van der Waals surface area contributed by atoms with Crippen LogP contribution in [0.25, 0.3) is 0 Å². The molecule has 0 saturated carbocycles. The molecule has 4 nitrogen and oxygen atoms in total. The highest BCUT2D eigenvalue weighted by Gasteiger charge is 2.31. The largest absolute Gasteiger partial charge is 0.416 e. The van der Waals surface area contributed by atoms with Gasteiger partial charge in [0.2, 0.25) is 0 Å². The molecule has 1 aromatic carbocycles. The first-order valence-corrected chi connectivity index (χ1v) is 6.37. The van der Waals surface area contributed by atoms with E-state index in [9.17, 15) is 22.8 Å². The maximum atomic E-state index is 12.6. The number of rotatable bonds is 3.